The summed E-state index contributed by atoms with van der Waals surface area (Å²) in [6, 6.07) is 11.2. The summed E-state index contributed by atoms with van der Waals surface area (Å²) in [5, 5.41) is 10.6. The van der Waals surface area contributed by atoms with Crippen molar-refractivity contribution in [3.63, 3.8) is 0 Å². The Balaban J connectivity index is 1.39. The number of hydrogen-bond acceptors (Lipinski definition) is 7. The minimum atomic E-state index is -0.855. The molecule has 234 valence electrons. The summed E-state index contributed by atoms with van der Waals surface area (Å²) in [5.41, 5.74) is 1.88. The highest BCUT2D eigenvalue weighted by atomic mass is 16.7. The van der Waals surface area contributed by atoms with Gasteiger partial charge in [0, 0.05) is 38.0 Å². The number of carbonyl (C=O) groups is 2. The molecule has 3 atom stereocenters. The number of fused-ring (bicyclic) bond motifs is 2. The lowest BCUT2D eigenvalue weighted by Crippen LogP contribution is -2.45. The van der Waals surface area contributed by atoms with E-state index in [9.17, 15) is 14.7 Å². The third kappa shape index (κ3) is 7.36. The van der Waals surface area contributed by atoms with Gasteiger partial charge in [0.25, 0.3) is 0 Å². The van der Waals surface area contributed by atoms with Crippen LogP contribution in [0.5, 0.6) is 23.0 Å². The van der Waals surface area contributed by atoms with Crippen LogP contribution in [0, 0.1) is 5.92 Å². The van der Waals surface area contributed by atoms with Crippen molar-refractivity contribution >= 4 is 11.9 Å². The van der Waals surface area contributed by atoms with Crippen LogP contribution < -0.4 is 18.9 Å². The number of quaternary nitrogens is 1. The van der Waals surface area contributed by atoms with E-state index in [0.29, 0.717) is 49.7 Å². The van der Waals surface area contributed by atoms with E-state index >= 15 is 0 Å². The Hall–Kier alpha value is -3.50. The topological polar surface area (TPSA) is 97.8 Å². The van der Waals surface area contributed by atoms with Crippen LogP contribution >= 0.6 is 0 Å². The van der Waals surface area contributed by atoms with Gasteiger partial charge in [0.15, 0.2) is 23.0 Å². The van der Waals surface area contributed by atoms with Crippen LogP contribution in [0.2, 0.25) is 0 Å². The third-order valence-electron chi connectivity index (χ3n) is 8.78. The quantitative estimate of drug-likeness (QED) is 0.328. The van der Waals surface area contributed by atoms with Crippen molar-refractivity contribution in [1.82, 2.24) is 9.80 Å². The predicted molar refractivity (Wildman–Crippen MR) is 162 cm³/mol. The summed E-state index contributed by atoms with van der Waals surface area (Å²) in [4.78, 5) is 30.9. The highest BCUT2D eigenvalue weighted by Crippen LogP contribution is 2.44. The normalized spacial score (nSPS) is 20.9. The zero-order valence-corrected chi connectivity index (χ0v) is 25.9. The molecule has 1 N–H and O–H groups in total. The molecule has 1 fully saturated rings. The van der Waals surface area contributed by atoms with Crippen molar-refractivity contribution in [3.05, 3.63) is 47.5 Å². The van der Waals surface area contributed by atoms with Crippen LogP contribution in [0.15, 0.2) is 36.4 Å². The van der Waals surface area contributed by atoms with Crippen LogP contribution in [0.4, 0.5) is 0 Å². The van der Waals surface area contributed by atoms with Gasteiger partial charge >= 0.3 is 5.97 Å². The van der Waals surface area contributed by atoms with Gasteiger partial charge in [-0.2, -0.15) is 0 Å². The first-order chi connectivity index (χ1) is 20.6. The molecule has 1 unspecified atom stereocenters. The van der Waals surface area contributed by atoms with Crippen LogP contribution in [0.1, 0.15) is 49.7 Å². The van der Waals surface area contributed by atoms with Gasteiger partial charge in [0.1, 0.15) is 0 Å². The Bertz CT molecular complexity index is 1290. The fourth-order valence-corrected chi connectivity index (χ4v) is 6.54. The van der Waals surface area contributed by atoms with Crippen molar-refractivity contribution in [1.29, 1.82) is 0 Å². The molecular formula is C33H46N3O7+. The molecular weight excluding hydrogens is 550 g/mol. The molecule has 1 amide bonds. The summed E-state index contributed by atoms with van der Waals surface area (Å²) < 4.78 is 23.3. The Morgan fingerprint density at radius 1 is 0.977 bits per heavy atom. The summed E-state index contributed by atoms with van der Waals surface area (Å²) in [5.74, 6) is 0.955. The number of amides is 1. The minimum Gasteiger partial charge on any atom is -0.481 e. The average Bonchev–Trinajstić information content (AvgIpc) is 3.71. The molecule has 2 aromatic rings. The molecule has 0 radical (unpaired) electrons. The summed E-state index contributed by atoms with van der Waals surface area (Å²) in [6.07, 6.45) is 4.05. The average molecular weight is 597 g/mol. The first-order valence-corrected chi connectivity index (χ1v) is 15.5. The summed E-state index contributed by atoms with van der Waals surface area (Å²) >= 11 is 0. The van der Waals surface area contributed by atoms with E-state index in [2.05, 4.69) is 33.0 Å². The minimum absolute atomic E-state index is 0.0627. The zero-order valence-electron chi connectivity index (χ0n) is 25.9. The maximum atomic E-state index is 13.9. The number of para-hydroxylation sites is 1. The number of carboxylic acids is 1. The van der Waals surface area contributed by atoms with E-state index in [1.54, 1.807) is 0 Å². The Morgan fingerprint density at radius 2 is 1.72 bits per heavy atom. The third-order valence-corrected chi connectivity index (χ3v) is 8.78. The van der Waals surface area contributed by atoms with Crippen molar-refractivity contribution in [3.8, 4) is 23.0 Å². The lowest BCUT2D eigenvalue weighted by molar-refractivity contribution is -0.870. The van der Waals surface area contributed by atoms with E-state index in [0.717, 1.165) is 47.2 Å². The number of aliphatic carboxylic acids is 1. The van der Waals surface area contributed by atoms with Gasteiger partial charge in [0.05, 0.1) is 40.2 Å². The molecule has 1 saturated heterocycles. The molecule has 2 aromatic carbocycles. The second-order valence-electron chi connectivity index (χ2n) is 12.9. The molecule has 5 rings (SSSR count). The molecule has 3 heterocycles. The number of carbonyl (C=O) groups excluding carboxylic acids is 1. The maximum Gasteiger partial charge on any atom is 0.308 e. The van der Waals surface area contributed by atoms with Gasteiger partial charge in [-0.05, 0) is 48.6 Å². The number of aryl methyl sites for hydroxylation is 1. The lowest BCUT2D eigenvalue weighted by atomic mass is 9.83. The number of nitrogens with zero attached hydrogens (tertiary/aromatic N) is 3. The Kier molecular flexibility index (Phi) is 9.66. The van der Waals surface area contributed by atoms with Crippen molar-refractivity contribution in [2.24, 2.45) is 5.92 Å². The smallest absolute Gasteiger partial charge is 0.308 e. The van der Waals surface area contributed by atoms with Gasteiger partial charge in [-0.25, -0.2) is 0 Å². The van der Waals surface area contributed by atoms with E-state index in [-0.39, 0.29) is 38.0 Å². The summed E-state index contributed by atoms with van der Waals surface area (Å²) in [6.45, 7) is 5.53. The molecule has 10 nitrogen and oxygen atoms in total. The van der Waals surface area contributed by atoms with Gasteiger partial charge < -0.3 is 33.4 Å². The molecule has 0 spiro atoms. The van der Waals surface area contributed by atoms with E-state index in [4.69, 9.17) is 18.9 Å². The highest BCUT2D eigenvalue weighted by molar-refractivity contribution is 5.79. The SMILES string of the molecule is CCCCN(CCC[N+](C)(C)C)C(=O)CN1C[C@H](c2ccc3c(c2)OCO3)C(C(=O)O)[C@@H]1CCc1cccc2c1OCO2. The number of hydrogen-bond donors (Lipinski definition) is 1. The molecule has 0 aliphatic carbocycles. The predicted octanol–water partition coefficient (Wildman–Crippen LogP) is 3.97. The number of likely N-dealkylation sites (tertiary alicyclic amines) is 1. The fourth-order valence-electron chi connectivity index (χ4n) is 6.54. The van der Waals surface area contributed by atoms with Gasteiger partial charge in [-0.3, -0.25) is 14.5 Å². The van der Waals surface area contributed by atoms with E-state index in [1.807, 2.05) is 41.3 Å². The molecule has 0 saturated carbocycles. The Labute approximate surface area is 254 Å². The van der Waals surface area contributed by atoms with Crippen LogP contribution in [0.3, 0.4) is 0 Å². The van der Waals surface area contributed by atoms with Crippen LogP contribution in [-0.4, -0.2) is 105 Å². The molecule has 3 aliphatic rings. The maximum absolute atomic E-state index is 13.9. The standard InChI is InChI=1S/C33H45N3O7/c1-5-6-15-34(16-8-17-36(2,3)4)30(37)20-35-19-25(24-12-14-27-29(18-24)42-21-40-27)31(33(38)39)26(35)13-11-23-9-7-10-28-32(23)43-22-41-28/h7,9-10,12,14,18,25-26,31H,5-6,8,11,13,15-17,19-22H2,1-4H3/p+1/t25-,26+,31?/m1/s1. The number of ether oxygens (including phenoxy) is 4. The molecule has 43 heavy (non-hydrogen) atoms. The zero-order chi connectivity index (χ0) is 30.6. The number of benzene rings is 2. The number of carboxylic acid groups (broad SMARTS) is 1. The Morgan fingerprint density at radius 3 is 2.49 bits per heavy atom. The van der Waals surface area contributed by atoms with Crippen LogP contribution in [-0.2, 0) is 16.0 Å². The van der Waals surface area contributed by atoms with Gasteiger partial charge in [-0.15, -0.1) is 0 Å². The number of unbranched alkanes of at least 4 members (excludes halogenated alkanes) is 1. The molecule has 0 bridgehead atoms. The van der Waals surface area contributed by atoms with Crippen molar-refractivity contribution < 1.29 is 38.1 Å². The first-order valence-electron chi connectivity index (χ1n) is 15.5. The second-order valence-corrected chi connectivity index (χ2v) is 12.9. The molecule has 0 aromatic heterocycles. The number of rotatable bonds is 14. The van der Waals surface area contributed by atoms with E-state index < -0.39 is 11.9 Å². The van der Waals surface area contributed by atoms with Crippen molar-refractivity contribution in [2.45, 2.75) is 51.0 Å². The van der Waals surface area contributed by atoms with Crippen LogP contribution in [0.25, 0.3) is 0 Å². The van der Waals surface area contributed by atoms with Gasteiger partial charge in [-0.1, -0.05) is 31.5 Å². The van der Waals surface area contributed by atoms with Gasteiger partial charge in [0.2, 0.25) is 19.5 Å². The molecule has 10 heteroatoms. The van der Waals surface area contributed by atoms with Crippen molar-refractivity contribution in [2.75, 3.05) is 67.5 Å². The first kappa shape index (κ1) is 30.9. The van der Waals surface area contributed by atoms with E-state index in [1.165, 1.54) is 0 Å². The monoisotopic (exact) mass is 596 g/mol. The fraction of sp³-hybridized carbons (Fsp3) is 0.576. The summed E-state index contributed by atoms with van der Waals surface area (Å²) in [7, 11) is 6.48. The second kappa shape index (κ2) is 13.4. The molecule has 3 aliphatic heterocycles. The largest absolute Gasteiger partial charge is 0.481 e. The lowest BCUT2D eigenvalue weighted by Gasteiger charge is -2.31. The highest BCUT2D eigenvalue weighted by Gasteiger charge is 2.47.